The van der Waals surface area contributed by atoms with E-state index in [9.17, 15) is 23.2 Å². The molecule has 1 aliphatic heterocycles. The number of carbonyl (C=O) groups is 1. The Morgan fingerprint density at radius 2 is 1.86 bits per heavy atom. The van der Waals surface area contributed by atoms with Crippen LogP contribution in [0.4, 0.5) is 30.6 Å². The zero-order valence-electron chi connectivity index (χ0n) is 20.8. The molecule has 198 valence electrons. The summed E-state index contributed by atoms with van der Waals surface area (Å²) in [5.74, 6) is -3.16. The predicted octanol–water partition coefficient (Wildman–Crippen LogP) is 2.31. The summed E-state index contributed by atoms with van der Waals surface area (Å²) in [4.78, 5) is 47.5. The van der Waals surface area contributed by atoms with E-state index in [0.717, 1.165) is 9.13 Å². The maximum absolute atomic E-state index is 15.3. The molecule has 3 heterocycles. The highest BCUT2D eigenvalue weighted by Crippen LogP contribution is 2.31. The van der Waals surface area contributed by atoms with Crippen LogP contribution in [0.1, 0.15) is 31.7 Å². The van der Waals surface area contributed by atoms with Crippen molar-refractivity contribution in [1.29, 1.82) is 0 Å². The second-order valence-electron chi connectivity index (χ2n) is 8.94. The highest BCUT2D eigenvalue weighted by molar-refractivity contribution is 5.82. The van der Waals surface area contributed by atoms with Gasteiger partial charge in [0.05, 0.1) is 5.52 Å². The highest BCUT2D eigenvalue weighted by atomic mass is 19.3. The van der Waals surface area contributed by atoms with Gasteiger partial charge < -0.3 is 24.7 Å². The minimum absolute atomic E-state index is 0.0813. The van der Waals surface area contributed by atoms with Crippen LogP contribution in [-0.2, 0) is 24.8 Å². The first kappa shape index (κ1) is 26.2. The second-order valence-corrected chi connectivity index (χ2v) is 8.94. The lowest BCUT2D eigenvalue weighted by Gasteiger charge is -2.32. The van der Waals surface area contributed by atoms with Gasteiger partial charge in [-0.15, -0.1) is 0 Å². The number of halogens is 3. The molecule has 2 N–H and O–H groups in total. The van der Waals surface area contributed by atoms with Crippen LogP contribution in [-0.4, -0.2) is 51.1 Å². The molecule has 0 aliphatic carbocycles. The fraction of sp³-hybridized carbons (Fsp3) is 0.458. The van der Waals surface area contributed by atoms with Crippen molar-refractivity contribution in [2.75, 3.05) is 30.4 Å². The van der Waals surface area contributed by atoms with E-state index >= 15 is 4.39 Å². The molecule has 0 bridgehead atoms. The number of piperidine rings is 1. The fourth-order valence-corrected chi connectivity index (χ4v) is 4.31. The molecule has 10 nitrogen and oxygen atoms in total. The Hall–Kier alpha value is -3.90. The molecule has 1 fully saturated rings. The molecule has 0 spiro atoms. The van der Waals surface area contributed by atoms with E-state index in [-0.39, 0.29) is 67.5 Å². The zero-order valence-corrected chi connectivity index (χ0v) is 20.8. The van der Waals surface area contributed by atoms with E-state index in [4.69, 9.17) is 0 Å². The van der Waals surface area contributed by atoms with Crippen molar-refractivity contribution in [1.82, 2.24) is 24.4 Å². The van der Waals surface area contributed by atoms with Gasteiger partial charge in [-0.2, -0.15) is 4.98 Å². The van der Waals surface area contributed by atoms with Gasteiger partial charge in [0.25, 0.3) is 5.92 Å². The van der Waals surface area contributed by atoms with Crippen molar-refractivity contribution >= 4 is 34.4 Å². The standard InChI is InChI=1S/C24H28F3N7O3/c1-4-14-13-29-23(33-9-6-24(26,27)7-10-33)31-20(14)30-15-11-16(25)19-17(12-15)34(8-5-18(35)28-2)22(37)21(36)32(19)3/h11-13H,4-10H2,1-3H3,(H,28,35)(H,29,30,31). The molecule has 0 unspecified atom stereocenters. The van der Waals surface area contributed by atoms with E-state index in [1.54, 1.807) is 11.1 Å². The number of aromatic nitrogens is 4. The summed E-state index contributed by atoms with van der Waals surface area (Å²) in [6.45, 7) is 1.98. The molecule has 3 aromatic rings. The molecule has 1 amide bonds. The van der Waals surface area contributed by atoms with E-state index in [1.807, 2.05) is 6.92 Å². The molecule has 1 aromatic carbocycles. The van der Waals surface area contributed by atoms with Gasteiger partial charge in [-0.1, -0.05) is 6.92 Å². The maximum atomic E-state index is 15.3. The van der Waals surface area contributed by atoms with Crippen LogP contribution >= 0.6 is 0 Å². The Morgan fingerprint density at radius 1 is 1.16 bits per heavy atom. The van der Waals surface area contributed by atoms with Gasteiger partial charge >= 0.3 is 11.1 Å². The Bertz CT molecular complexity index is 1460. The van der Waals surface area contributed by atoms with Crippen LogP contribution in [0.5, 0.6) is 0 Å². The quantitative estimate of drug-likeness (QED) is 0.461. The number of hydrogen-bond acceptors (Lipinski definition) is 7. The summed E-state index contributed by atoms with van der Waals surface area (Å²) in [6.07, 6.45) is 1.47. The normalized spacial score (nSPS) is 15.1. The summed E-state index contributed by atoms with van der Waals surface area (Å²) in [7, 11) is 2.75. The van der Waals surface area contributed by atoms with Crippen LogP contribution in [0.3, 0.4) is 0 Å². The first-order valence-corrected chi connectivity index (χ1v) is 11.9. The number of carbonyl (C=O) groups excluding carboxylic acids is 1. The number of hydrogen-bond donors (Lipinski definition) is 2. The molecule has 1 aliphatic rings. The number of rotatable bonds is 7. The van der Waals surface area contributed by atoms with Crippen LogP contribution in [0.15, 0.2) is 27.9 Å². The molecular weight excluding hydrogens is 491 g/mol. The van der Waals surface area contributed by atoms with E-state index in [1.165, 1.54) is 26.2 Å². The van der Waals surface area contributed by atoms with Crippen LogP contribution in [0.2, 0.25) is 0 Å². The molecule has 0 atom stereocenters. The van der Waals surface area contributed by atoms with Crippen molar-refractivity contribution < 1.29 is 18.0 Å². The topological polar surface area (TPSA) is 114 Å². The maximum Gasteiger partial charge on any atom is 0.316 e. The minimum atomic E-state index is -2.71. The SMILES string of the molecule is CCc1cnc(N2CCC(F)(F)CC2)nc1Nc1cc(F)c2c(c1)n(CCC(=O)NC)c(=O)c(=O)n2C. The lowest BCUT2D eigenvalue weighted by atomic mass is 10.1. The molecule has 13 heteroatoms. The lowest BCUT2D eigenvalue weighted by molar-refractivity contribution is -0.120. The van der Waals surface area contributed by atoms with Crippen molar-refractivity contribution in [2.45, 2.75) is 45.1 Å². The highest BCUT2D eigenvalue weighted by Gasteiger charge is 2.35. The third-order valence-corrected chi connectivity index (χ3v) is 6.52. The average molecular weight is 520 g/mol. The average Bonchev–Trinajstić information content (AvgIpc) is 2.86. The Labute approximate surface area is 210 Å². The lowest BCUT2D eigenvalue weighted by Crippen LogP contribution is -2.41. The number of nitrogens with one attached hydrogen (secondary N) is 2. The number of anilines is 3. The van der Waals surface area contributed by atoms with Crippen molar-refractivity contribution in [2.24, 2.45) is 7.05 Å². The summed E-state index contributed by atoms with van der Waals surface area (Å²) in [5, 5.41) is 5.51. The van der Waals surface area contributed by atoms with E-state index in [2.05, 4.69) is 20.6 Å². The molecule has 4 rings (SSSR count). The first-order valence-electron chi connectivity index (χ1n) is 11.9. The molecule has 0 radical (unpaired) electrons. The largest absolute Gasteiger partial charge is 0.359 e. The van der Waals surface area contributed by atoms with Crippen LogP contribution < -0.4 is 26.7 Å². The third kappa shape index (κ3) is 5.30. The number of benzene rings is 1. The number of aryl methyl sites for hydroxylation is 3. The number of alkyl halides is 2. The molecule has 37 heavy (non-hydrogen) atoms. The third-order valence-electron chi connectivity index (χ3n) is 6.52. The van der Waals surface area contributed by atoms with Gasteiger partial charge in [-0.3, -0.25) is 14.4 Å². The van der Waals surface area contributed by atoms with Gasteiger partial charge in [-0.05, 0) is 18.6 Å². The van der Waals surface area contributed by atoms with Gasteiger partial charge in [-0.25, -0.2) is 18.2 Å². The van der Waals surface area contributed by atoms with Crippen LogP contribution in [0.25, 0.3) is 11.0 Å². The van der Waals surface area contributed by atoms with Gasteiger partial charge in [0.15, 0.2) is 5.82 Å². The molecule has 1 saturated heterocycles. The Balaban J connectivity index is 1.75. The Morgan fingerprint density at radius 3 is 2.51 bits per heavy atom. The number of amides is 1. The van der Waals surface area contributed by atoms with Crippen molar-refractivity contribution in [3.8, 4) is 0 Å². The number of fused-ring (bicyclic) bond motifs is 1. The fourth-order valence-electron chi connectivity index (χ4n) is 4.31. The monoisotopic (exact) mass is 519 g/mol. The van der Waals surface area contributed by atoms with E-state index < -0.39 is 22.9 Å². The molecule has 2 aromatic heterocycles. The molecular formula is C24H28F3N7O3. The van der Waals surface area contributed by atoms with Crippen LogP contribution in [0, 0.1) is 5.82 Å². The van der Waals surface area contributed by atoms with Gasteiger partial charge in [0.1, 0.15) is 11.3 Å². The van der Waals surface area contributed by atoms with Crippen molar-refractivity contribution in [3.63, 3.8) is 0 Å². The smallest absolute Gasteiger partial charge is 0.316 e. The summed E-state index contributed by atoms with van der Waals surface area (Å²) >= 11 is 0. The molecule has 0 saturated carbocycles. The summed E-state index contributed by atoms with van der Waals surface area (Å²) in [5.41, 5.74) is -0.782. The number of nitrogens with zero attached hydrogens (tertiary/aromatic N) is 5. The minimum Gasteiger partial charge on any atom is -0.359 e. The summed E-state index contributed by atoms with van der Waals surface area (Å²) < 4.78 is 44.5. The van der Waals surface area contributed by atoms with Gasteiger partial charge in [0, 0.05) is 70.4 Å². The summed E-state index contributed by atoms with van der Waals surface area (Å²) in [6, 6.07) is 2.68. The Kier molecular flexibility index (Phi) is 7.23. The van der Waals surface area contributed by atoms with Crippen molar-refractivity contribution in [3.05, 3.63) is 50.4 Å². The van der Waals surface area contributed by atoms with E-state index in [0.29, 0.717) is 17.8 Å². The second kappa shape index (κ2) is 10.2. The van der Waals surface area contributed by atoms with Gasteiger partial charge in [0.2, 0.25) is 11.9 Å². The zero-order chi connectivity index (χ0) is 26.9. The predicted molar refractivity (Wildman–Crippen MR) is 133 cm³/mol. The first-order chi connectivity index (χ1) is 17.5.